The number of fused-ring (bicyclic) bond motifs is 2. The third-order valence-corrected chi connectivity index (χ3v) is 5.93. The first kappa shape index (κ1) is 16.1. The van der Waals surface area contributed by atoms with Gasteiger partial charge in [-0.05, 0) is 47.4 Å². The molecule has 0 bridgehead atoms. The van der Waals surface area contributed by atoms with Gasteiger partial charge in [-0.3, -0.25) is 9.59 Å². The molecule has 2 aromatic carbocycles. The minimum Gasteiger partial charge on any atom is -0.481 e. The monoisotopic (exact) mass is 337 g/mol. The number of aliphatic carboxylic acids is 1. The highest BCUT2D eigenvalue weighted by Crippen LogP contribution is 2.57. The second-order valence-corrected chi connectivity index (χ2v) is 7.41. The zero-order valence-electron chi connectivity index (χ0n) is 14.2. The summed E-state index contributed by atoms with van der Waals surface area (Å²) in [6.07, 6.45) is 3.97. The van der Waals surface area contributed by atoms with E-state index >= 15 is 0 Å². The lowest BCUT2D eigenvalue weighted by Crippen LogP contribution is -2.35. The van der Waals surface area contributed by atoms with Gasteiger partial charge in [0.05, 0.1) is 5.92 Å². The van der Waals surface area contributed by atoms with Crippen molar-refractivity contribution >= 4 is 22.6 Å². The number of hydrogen-bond donors (Lipinski definition) is 2. The average Bonchev–Trinajstić information content (AvgIpc) is 3.10. The number of rotatable bonds is 6. The SMILES string of the molecule is O=C(O)C(CNC(=O)C1C2CCCC21)Cc1cccc2ccccc12. The van der Waals surface area contributed by atoms with E-state index in [1.165, 1.54) is 6.42 Å². The van der Waals surface area contributed by atoms with Crippen LogP contribution in [-0.4, -0.2) is 23.5 Å². The molecule has 130 valence electrons. The molecule has 3 atom stereocenters. The molecule has 2 fully saturated rings. The summed E-state index contributed by atoms with van der Waals surface area (Å²) in [6.45, 7) is 0.202. The average molecular weight is 337 g/mol. The Morgan fingerprint density at radius 3 is 2.56 bits per heavy atom. The van der Waals surface area contributed by atoms with E-state index in [2.05, 4.69) is 5.32 Å². The molecule has 0 saturated heterocycles. The summed E-state index contributed by atoms with van der Waals surface area (Å²) in [5, 5.41) is 14.7. The van der Waals surface area contributed by atoms with E-state index < -0.39 is 11.9 Å². The fraction of sp³-hybridized carbons (Fsp3) is 0.429. The smallest absolute Gasteiger partial charge is 0.308 e. The molecule has 2 aromatic rings. The molecule has 0 radical (unpaired) electrons. The van der Waals surface area contributed by atoms with Crippen molar-refractivity contribution in [3.05, 3.63) is 48.0 Å². The number of carboxylic acid groups (broad SMARTS) is 1. The van der Waals surface area contributed by atoms with E-state index in [4.69, 9.17) is 0 Å². The number of benzene rings is 2. The van der Waals surface area contributed by atoms with Crippen LogP contribution in [0, 0.1) is 23.7 Å². The largest absolute Gasteiger partial charge is 0.481 e. The van der Waals surface area contributed by atoms with Crippen LogP contribution in [0.2, 0.25) is 0 Å². The van der Waals surface area contributed by atoms with Crippen LogP contribution < -0.4 is 5.32 Å². The van der Waals surface area contributed by atoms with Gasteiger partial charge in [-0.2, -0.15) is 0 Å². The molecule has 0 heterocycles. The predicted molar refractivity (Wildman–Crippen MR) is 96.1 cm³/mol. The summed E-state index contributed by atoms with van der Waals surface area (Å²) < 4.78 is 0. The maximum absolute atomic E-state index is 12.3. The highest BCUT2D eigenvalue weighted by molar-refractivity contribution is 5.86. The molecule has 25 heavy (non-hydrogen) atoms. The summed E-state index contributed by atoms with van der Waals surface area (Å²) in [5.41, 5.74) is 1.02. The van der Waals surface area contributed by atoms with Crippen molar-refractivity contribution in [2.45, 2.75) is 25.7 Å². The van der Waals surface area contributed by atoms with E-state index in [0.717, 1.165) is 29.2 Å². The van der Waals surface area contributed by atoms with Crippen LogP contribution in [0.15, 0.2) is 42.5 Å². The Morgan fingerprint density at radius 2 is 1.80 bits per heavy atom. The lowest BCUT2D eigenvalue weighted by atomic mass is 9.94. The van der Waals surface area contributed by atoms with Gasteiger partial charge in [0.2, 0.25) is 5.91 Å². The van der Waals surface area contributed by atoms with Crippen molar-refractivity contribution in [1.29, 1.82) is 0 Å². The van der Waals surface area contributed by atoms with Gasteiger partial charge in [-0.1, -0.05) is 48.9 Å². The van der Waals surface area contributed by atoms with E-state index in [-0.39, 0.29) is 18.4 Å². The number of nitrogens with one attached hydrogen (secondary N) is 1. The third-order valence-electron chi connectivity index (χ3n) is 5.93. The summed E-state index contributed by atoms with van der Waals surface area (Å²) in [4.78, 5) is 24.0. The Hall–Kier alpha value is -2.36. The van der Waals surface area contributed by atoms with Gasteiger partial charge < -0.3 is 10.4 Å². The Bertz CT molecular complexity index is 800. The van der Waals surface area contributed by atoms with Crippen LogP contribution in [0.1, 0.15) is 24.8 Å². The fourth-order valence-electron chi connectivity index (χ4n) is 4.53. The molecule has 0 spiro atoms. The molecular formula is C21H23NO3. The van der Waals surface area contributed by atoms with E-state index in [1.807, 2.05) is 42.5 Å². The first-order valence-electron chi connectivity index (χ1n) is 9.12. The summed E-state index contributed by atoms with van der Waals surface area (Å²) in [7, 11) is 0. The van der Waals surface area contributed by atoms with Gasteiger partial charge in [-0.15, -0.1) is 0 Å². The van der Waals surface area contributed by atoms with Crippen LogP contribution >= 0.6 is 0 Å². The number of carbonyl (C=O) groups excluding carboxylic acids is 1. The zero-order valence-corrected chi connectivity index (χ0v) is 14.2. The standard InChI is InChI=1S/C21H23NO3/c23-20(19-17-9-4-10-18(17)19)22-12-15(21(24)25)11-14-7-3-6-13-5-1-2-8-16(13)14/h1-3,5-8,15,17-19H,4,9-12H2,(H,22,23)(H,24,25). The van der Waals surface area contributed by atoms with Gasteiger partial charge in [0, 0.05) is 12.5 Å². The van der Waals surface area contributed by atoms with Gasteiger partial charge in [0.1, 0.15) is 0 Å². The topological polar surface area (TPSA) is 66.4 Å². The molecule has 2 aliphatic carbocycles. The van der Waals surface area contributed by atoms with Gasteiger partial charge >= 0.3 is 5.97 Å². The highest BCUT2D eigenvalue weighted by atomic mass is 16.4. The van der Waals surface area contributed by atoms with Gasteiger partial charge in [0.25, 0.3) is 0 Å². The minimum atomic E-state index is -0.857. The van der Waals surface area contributed by atoms with Crippen molar-refractivity contribution in [2.75, 3.05) is 6.54 Å². The lowest BCUT2D eigenvalue weighted by molar-refractivity contribution is -0.141. The fourth-order valence-corrected chi connectivity index (χ4v) is 4.53. The van der Waals surface area contributed by atoms with E-state index in [0.29, 0.717) is 18.3 Å². The molecule has 3 unspecified atom stereocenters. The maximum Gasteiger partial charge on any atom is 0.308 e. The van der Waals surface area contributed by atoms with Crippen molar-refractivity contribution in [3.63, 3.8) is 0 Å². The van der Waals surface area contributed by atoms with Crippen molar-refractivity contribution < 1.29 is 14.7 Å². The number of carbonyl (C=O) groups is 2. The summed E-state index contributed by atoms with van der Waals surface area (Å²) >= 11 is 0. The Morgan fingerprint density at radius 1 is 1.08 bits per heavy atom. The van der Waals surface area contributed by atoms with Crippen LogP contribution in [0.4, 0.5) is 0 Å². The molecule has 1 amide bonds. The van der Waals surface area contributed by atoms with E-state index in [1.54, 1.807) is 0 Å². The molecule has 2 aliphatic rings. The lowest BCUT2D eigenvalue weighted by Gasteiger charge is -2.15. The molecule has 2 saturated carbocycles. The zero-order chi connectivity index (χ0) is 17.4. The van der Waals surface area contributed by atoms with E-state index in [9.17, 15) is 14.7 Å². The predicted octanol–water partition coefficient (Wildman–Crippen LogP) is 3.25. The molecule has 2 N–H and O–H groups in total. The first-order chi connectivity index (χ1) is 12.1. The third kappa shape index (κ3) is 3.13. The second kappa shape index (κ2) is 6.51. The Labute approximate surface area is 147 Å². The quantitative estimate of drug-likeness (QED) is 0.850. The van der Waals surface area contributed by atoms with Crippen molar-refractivity contribution in [1.82, 2.24) is 5.32 Å². The molecule has 4 nitrogen and oxygen atoms in total. The van der Waals surface area contributed by atoms with Crippen LogP contribution in [0.25, 0.3) is 10.8 Å². The van der Waals surface area contributed by atoms with Crippen LogP contribution in [0.3, 0.4) is 0 Å². The first-order valence-corrected chi connectivity index (χ1v) is 9.12. The van der Waals surface area contributed by atoms with Crippen molar-refractivity contribution in [3.8, 4) is 0 Å². The van der Waals surface area contributed by atoms with Crippen LogP contribution in [0.5, 0.6) is 0 Å². The molecule has 0 aromatic heterocycles. The number of carboxylic acids is 1. The van der Waals surface area contributed by atoms with Crippen molar-refractivity contribution in [2.24, 2.45) is 23.7 Å². The summed E-state index contributed by atoms with van der Waals surface area (Å²) in [5.74, 6) is -0.153. The second-order valence-electron chi connectivity index (χ2n) is 7.41. The molecule has 0 aliphatic heterocycles. The van der Waals surface area contributed by atoms with Crippen LogP contribution in [-0.2, 0) is 16.0 Å². The Kier molecular flexibility index (Phi) is 4.20. The molecule has 4 heteroatoms. The number of amides is 1. The molecular weight excluding hydrogens is 314 g/mol. The molecule has 4 rings (SSSR count). The highest BCUT2D eigenvalue weighted by Gasteiger charge is 2.56. The number of hydrogen-bond acceptors (Lipinski definition) is 2. The maximum atomic E-state index is 12.3. The minimum absolute atomic E-state index is 0.0545. The summed E-state index contributed by atoms with van der Waals surface area (Å²) in [6, 6.07) is 14.0. The van der Waals surface area contributed by atoms with Gasteiger partial charge in [0.15, 0.2) is 0 Å². The Balaban J connectivity index is 1.43. The normalized spacial score (nSPS) is 25.4. The van der Waals surface area contributed by atoms with Gasteiger partial charge in [-0.25, -0.2) is 0 Å².